The van der Waals surface area contributed by atoms with Gasteiger partial charge in [-0.3, -0.25) is 0 Å². The van der Waals surface area contributed by atoms with Crippen molar-refractivity contribution >= 4 is 21.4 Å². The summed E-state index contributed by atoms with van der Waals surface area (Å²) >= 11 is 6.30. The third-order valence-electron chi connectivity index (χ3n) is 3.16. The van der Waals surface area contributed by atoms with Crippen molar-refractivity contribution in [2.75, 3.05) is 20.5 Å². The number of aryl methyl sites for hydroxylation is 1. The Hall–Kier alpha value is -0.940. The third kappa shape index (κ3) is 3.54. The molecule has 0 saturated carbocycles. The van der Waals surface area contributed by atoms with Crippen LogP contribution in [0, 0.1) is 6.92 Å². The number of rotatable bonds is 5. The van der Waals surface area contributed by atoms with Gasteiger partial charge in [-0.2, -0.15) is 0 Å². The molecule has 0 radical (unpaired) electrons. The Morgan fingerprint density at radius 1 is 1.16 bits per heavy atom. The first-order valence-electron chi connectivity index (χ1n) is 5.77. The van der Waals surface area contributed by atoms with E-state index in [9.17, 15) is 8.42 Å². The Kier molecular flexibility index (Phi) is 5.10. The Bertz CT molecular complexity index is 554. The fourth-order valence-electron chi connectivity index (χ4n) is 1.76. The molecule has 0 N–H and O–H groups in total. The van der Waals surface area contributed by atoms with Gasteiger partial charge in [0.2, 0.25) is 0 Å². The topological polar surface area (TPSA) is 52.6 Å². The first-order chi connectivity index (χ1) is 8.72. The highest BCUT2D eigenvalue weighted by Gasteiger charge is 2.27. The standard InChI is InChI=1S/C13H19ClO4S/c1-8-6-11(17-3)12(18-4)7-10(8)13(14)9(2)19(5,15)16/h6-7,9,13H,1-5H3. The molecule has 1 rings (SSSR count). The molecule has 2 unspecified atom stereocenters. The van der Waals surface area contributed by atoms with Crippen LogP contribution in [0.2, 0.25) is 0 Å². The molecule has 0 amide bonds. The molecular formula is C13H19ClO4S. The van der Waals surface area contributed by atoms with E-state index < -0.39 is 20.5 Å². The largest absolute Gasteiger partial charge is 0.493 e. The van der Waals surface area contributed by atoms with Crippen LogP contribution in [-0.2, 0) is 9.84 Å². The highest BCUT2D eigenvalue weighted by Crippen LogP contribution is 2.37. The maximum absolute atomic E-state index is 11.6. The van der Waals surface area contributed by atoms with Gasteiger partial charge in [-0.25, -0.2) is 8.42 Å². The van der Waals surface area contributed by atoms with Crippen molar-refractivity contribution < 1.29 is 17.9 Å². The maximum atomic E-state index is 11.6. The monoisotopic (exact) mass is 306 g/mol. The molecule has 6 heteroatoms. The number of ether oxygens (including phenoxy) is 2. The van der Waals surface area contributed by atoms with Crippen molar-refractivity contribution in [2.45, 2.75) is 24.5 Å². The van der Waals surface area contributed by atoms with E-state index in [4.69, 9.17) is 21.1 Å². The number of hydrogen-bond acceptors (Lipinski definition) is 4. The summed E-state index contributed by atoms with van der Waals surface area (Å²) in [6, 6.07) is 3.52. The van der Waals surface area contributed by atoms with Crippen LogP contribution in [0.3, 0.4) is 0 Å². The van der Waals surface area contributed by atoms with Crippen molar-refractivity contribution in [3.8, 4) is 11.5 Å². The second kappa shape index (κ2) is 6.01. The lowest BCUT2D eigenvalue weighted by Gasteiger charge is -2.20. The summed E-state index contributed by atoms with van der Waals surface area (Å²) in [7, 11) is -0.128. The summed E-state index contributed by atoms with van der Waals surface area (Å²) in [5.74, 6) is 1.13. The van der Waals surface area contributed by atoms with E-state index in [2.05, 4.69) is 0 Å². The lowest BCUT2D eigenvalue weighted by atomic mass is 10.0. The Balaban J connectivity index is 3.28. The molecular weight excluding hydrogens is 288 g/mol. The van der Waals surface area contributed by atoms with Gasteiger partial charge in [0, 0.05) is 6.26 Å². The lowest BCUT2D eigenvalue weighted by molar-refractivity contribution is 0.354. The quantitative estimate of drug-likeness (QED) is 0.785. The zero-order chi connectivity index (χ0) is 14.8. The molecule has 0 aliphatic heterocycles. The van der Waals surface area contributed by atoms with Crippen LogP contribution in [0.1, 0.15) is 23.4 Å². The van der Waals surface area contributed by atoms with Crippen LogP contribution in [-0.4, -0.2) is 34.1 Å². The SMILES string of the molecule is COc1cc(C)c(C(Cl)C(C)S(C)(=O)=O)cc1OC. The molecule has 0 fully saturated rings. The molecule has 0 aliphatic rings. The molecule has 108 valence electrons. The van der Waals surface area contributed by atoms with Gasteiger partial charge in [-0.1, -0.05) is 0 Å². The van der Waals surface area contributed by atoms with Crippen molar-refractivity contribution in [3.63, 3.8) is 0 Å². The molecule has 0 aromatic heterocycles. The van der Waals surface area contributed by atoms with Crippen LogP contribution < -0.4 is 9.47 Å². The van der Waals surface area contributed by atoms with Crippen molar-refractivity contribution in [3.05, 3.63) is 23.3 Å². The van der Waals surface area contributed by atoms with Gasteiger partial charge >= 0.3 is 0 Å². The Morgan fingerprint density at radius 2 is 1.63 bits per heavy atom. The van der Waals surface area contributed by atoms with E-state index in [1.807, 2.05) is 6.92 Å². The lowest BCUT2D eigenvalue weighted by Crippen LogP contribution is -2.21. The fraction of sp³-hybridized carbons (Fsp3) is 0.538. The molecule has 0 aliphatic carbocycles. The van der Waals surface area contributed by atoms with Crippen molar-refractivity contribution in [1.29, 1.82) is 0 Å². The second-order valence-corrected chi connectivity index (χ2v) is 7.37. The summed E-state index contributed by atoms with van der Waals surface area (Å²) in [5.41, 5.74) is 1.60. The van der Waals surface area contributed by atoms with Crippen molar-refractivity contribution in [2.24, 2.45) is 0 Å². The number of benzene rings is 1. The van der Waals surface area contributed by atoms with Crippen LogP contribution in [0.15, 0.2) is 12.1 Å². The minimum absolute atomic E-state index is 0.537. The third-order valence-corrected chi connectivity index (χ3v) is 5.54. The second-order valence-electron chi connectivity index (χ2n) is 4.50. The van der Waals surface area contributed by atoms with Crippen LogP contribution in [0.4, 0.5) is 0 Å². The highest BCUT2D eigenvalue weighted by atomic mass is 35.5. The Morgan fingerprint density at radius 3 is 2.05 bits per heavy atom. The van der Waals surface area contributed by atoms with Gasteiger partial charge in [0.15, 0.2) is 21.3 Å². The number of hydrogen-bond donors (Lipinski definition) is 0. The van der Waals surface area contributed by atoms with Gasteiger partial charge in [-0.15, -0.1) is 11.6 Å². The van der Waals surface area contributed by atoms with E-state index >= 15 is 0 Å². The number of halogens is 1. The summed E-state index contributed by atoms with van der Waals surface area (Å²) in [6.45, 7) is 3.46. The molecule has 0 spiro atoms. The summed E-state index contributed by atoms with van der Waals surface area (Å²) < 4.78 is 33.6. The van der Waals surface area contributed by atoms with E-state index in [-0.39, 0.29) is 0 Å². The number of sulfone groups is 1. The summed E-state index contributed by atoms with van der Waals surface area (Å²) in [6.07, 6.45) is 1.18. The summed E-state index contributed by atoms with van der Waals surface area (Å²) in [4.78, 5) is 0. The molecule has 1 aromatic rings. The summed E-state index contributed by atoms with van der Waals surface area (Å²) in [5, 5.41) is -1.30. The van der Waals surface area contributed by atoms with Gasteiger partial charge in [0.25, 0.3) is 0 Å². The predicted octanol–water partition coefficient (Wildman–Crippen LogP) is 2.73. The predicted molar refractivity (Wildman–Crippen MR) is 77.2 cm³/mol. The molecule has 1 aromatic carbocycles. The first kappa shape index (κ1) is 16.1. The van der Waals surface area contributed by atoms with E-state index in [0.717, 1.165) is 11.1 Å². The fourth-order valence-corrected chi connectivity index (χ4v) is 3.14. The van der Waals surface area contributed by atoms with Gasteiger partial charge in [-0.05, 0) is 37.1 Å². The molecule has 19 heavy (non-hydrogen) atoms. The van der Waals surface area contributed by atoms with Crippen LogP contribution in [0.5, 0.6) is 11.5 Å². The molecule has 2 atom stereocenters. The van der Waals surface area contributed by atoms with Gasteiger partial charge < -0.3 is 9.47 Å². The first-order valence-corrected chi connectivity index (χ1v) is 8.17. The zero-order valence-corrected chi connectivity index (χ0v) is 13.3. The molecule has 0 saturated heterocycles. The average Bonchev–Trinajstić information content (AvgIpc) is 2.35. The molecule has 4 nitrogen and oxygen atoms in total. The van der Waals surface area contributed by atoms with E-state index in [1.54, 1.807) is 26.2 Å². The van der Waals surface area contributed by atoms with Crippen LogP contribution >= 0.6 is 11.6 Å². The van der Waals surface area contributed by atoms with Gasteiger partial charge in [0.05, 0.1) is 24.8 Å². The number of alkyl halides is 1. The maximum Gasteiger partial charge on any atom is 0.161 e. The number of methoxy groups -OCH3 is 2. The zero-order valence-electron chi connectivity index (χ0n) is 11.7. The van der Waals surface area contributed by atoms with Gasteiger partial charge in [0.1, 0.15) is 0 Å². The highest BCUT2D eigenvalue weighted by molar-refractivity contribution is 7.91. The van der Waals surface area contributed by atoms with E-state index in [1.165, 1.54) is 13.4 Å². The minimum atomic E-state index is -3.21. The Labute approximate surface area is 119 Å². The molecule has 0 heterocycles. The van der Waals surface area contributed by atoms with E-state index in [0.29, 0.717) is 11.5 Å². The average molecular weight is 307 g/mol. The smallest absolute Gasteiger partial charge is 0.161 e. The molecule has 0 bridgehead atoms. The van der Waals surface area contributed by atoms with Crippen LogP contribution in [0.25, 0.3) is 0 Å². The van der Waals surface area contributed by atoms with Crippen molar-refractivity contribution in [1.82, 2.24) is 0 Å². The normalized spacial score (nSPS) is 14.8. The minimum Gasteiger partial charge on any atom is -0.493 e.